The smallest absolute Gasteiger partial charge is 0.329 e. The summed E-state index contributed by atoms with van der Waals surface area (Å²) in [5, 5.41) is 14.0. The first-order chi connectivity index (χ1) is 11.0. The molecule has 23 heavy (non-hydrogen) atoms. The van der Waals surface area contributed by atoms with E-state index in [9.17, 15) is 14.7 Å². The van der Waals surface area contributed by atoms with Crippen molar-refractivity contribution in [2.24, 2.45) is 0 Å². The van der Waals surface area contributed by atoms with Crippen molar-refractivity contribution in [3.05, 3.63) is 29.0 Å². The van der Waals surface area contributed by atoms with Crippen LogP contribution in [0.5, 0.6) is 0 Å². The molecule has 6 nitrogen and oxygen atoms in total. The van der Waals surface area contributed by atoms with E-state index in [2.05, 4.69) is 10.3 Å². The van der Waals surface area contributed by atoms with Crippen LogP contribution in [0.2, 0.25) is 0 Å². The van der Waals surface area contributed by atoms with Crippen LogP contribution in [0.3, 0.4) is 0 Å². The fourth-order valence-electron chi connectivity index (χ4n) is 2.93. The van der Waals surface area contributed by atoms with E-state index in [1.807, 2.05) is 17.5 Å². The van der Waals surface area contributed by atoms with Crippen LogP contribution >= 0.6 is 11.3 Å². The topological polar surface area (TPSA) is 92.4 Å². The predicted octanol–water partition coefficient (Wildman–Crippen LogP) is 2.77. The number of oxazole rings is 1. The number of aryl methyl sites for hydroxylation is 1. The molecule has 3 rings (SSSR count). The van der Waals surface area contributed by atoms with Gasteiger partial charge in [-0.25, -0.2) is 9.78 Å². The Labute approximate surface area is 137 Å². The van der Waals surface area contributed by atoms with Crippen LogP contribution in [-0.4, -0.2) is 27.5 Å². The normalized spacial score (nSPS) is 16.4. The second-order valence-corrected chi connectivity index (χ2v) is 6.77. The monoisotopic (exact) mass is 334 g/mol. The van der Waals surface area contributed by atoms with Crippen LogP contribution in [0.1, 0.15) is 37.1 Å². The number of carboxylic acid groups (broad SMARTS) is 1. The summed E-state index contributed by atoms with van der Waals surface area (Å²) >= 11 is 1.51. The lowest BCUT2D eigenvalue weighted by molar-refractivity contribution is -0.147. The van der Waals surface area contributed by atoms with Gasteiger partial charge in [-0.3, -0.25) is 4.79 Å². The van der Waals surface area contributed by atoms with E-state index in [0.717, 1.165) is 17.7 Å². The summed E-state index contributed by atoms with van der Waals surface area (Å²) in [7, 11) is 0. The Hall–Kier alpha value is -2.15. The number of nitrogens with zero attached hydrogens (tertiary/aromatic N) is 1. The summed E-state index contributed by atoms with van der Waals surface area (Å²) in [5.41, 5.74) is -0.574. The lowest BCUT2D eigenvalue weighted by Gasteiger charge is -2.25. The first kappa shape index (κ1) is 15.7. The minimum Gasteiger partial charge on any atom is -0.480 e. The third kappa shape index (κ3) is 3.14. The standard InChI is InChI=1S/C16H18N2O4S/c1-10-11(17-14(22-10)12-5-4-8-23-12)9-13(19)18-16(15(20)21)6-2-3-7-16/h4-5,8H,2-3,6-7,9H2,1H3,(H,18,19)(H,20,21). The molecule has 0 unspecified atom stereocenters. The average molecular weight is 334 g/mol. The van der Waals surface area contributed by atoms with Crippen molar-refractivity contribution in [2.45, 2.75) is 44.6 Å². The molecule has 0 aliphatic heterocycles. The zero-order chi connectivity index (χ0) is 16.4. The Balaban J connectivity index is 1.72. The number of aromatic nitrogens is 1. The average Bonchev–Trinajstić information content (AvgIpc) is 3.21. The van der Waals surface area contributed by atoms with Crippen LogP contribution in [0, 0.1) is 6.92 Å². The van der Waals surface area contributed by atoms with E-state index >= 15 is 0 Å². The highest BCUT2D eigenvalue weighted by Crippen LogP contribution is 2.30. The number of carboxylic acids is 1. The second kappa shape index (κ2) is 6.16. The summed E-state index contributed by atoms with van der Waals surface area (Å²) in [6.07, 6.45) is 2.62. The minimum absolute atomic E-state index is 0.0236. The largest absolute Gasteiger partial charge is 0.480 e. The number of rotatable bonds is 5. The van der Waals surface area contributed by atoms with Crippen LogP contribution < -0.4 is 5.32 Å². The quantitative estimate of drug-likeness (QED) is 0.877. The predicted molar refractivity (Wildman–Crippen MR) is 85.2 cm³/mol. The van der Waals surface area contributed by atoms with Gasteiger partial charge in [0.25, 0.3) is 0 Å². The van der Waals surface area contributed by atoms with Gasteiger partial charge in [0, 0.05) is 0 Å². The molecule has 2 aromatic rings. The highest BCUT2D eigenvalue weighted by atomic mass is 32.1. The Morgan fingerprint density at radius 2 is 2.17 bits per heavy atom. The van der Waals surface area contributed by atoms with Gasteiger partial charge in [-0.2, -0.15) is 0 Å². The van der Waals surface area contributed by atoms with Crippen molar-refractivity contribution in [2.75, 3.05) is 0 Å². The minimum atomic E-state index is -1.12. The SMILES string of the molecule is Cc1oc(-c2cccs2)nc1CC(=O)NC1(C(=O)O)CCCC1. The molecule has 0 aromatic carbocycles. The molecular formula is C16H18N2O4S. The van der Waals surface area contributed by atoms with Gasteiger partial charge in [0.15, 0.2) is 0 Å². The van der Waals surface area contributed by atoms with Crippen molar-refractivity contribution in [3.63, 3.8) is 0 Å². The summed E-state index contributed by atoms with van der Waals surface area (Å²) in [5.74, 6) is -0.212. The molecular weight excluding hydrogens is 316 g/mol. The molecule has 0 saturated heterocycles. The molecule has 2 heterocycles. The highest BCUT2D eigenvalue weighted by Gasteiger charge is 2.42. The summed E-state index contributed by atoms with van der Waals surface area (Å²) in [4.78, 5) is 29.0. The molecule has 1 saturated carbocycles. The van der Waals surface area contributed by atoms with Crippen LogP contribution in [0.25, 0.3) is 10.8 Å². The van der Waals surface area contributed by atoms with Gasteiger partial charge in [0.2, 0.25) is 11.8 Å². The number of amides is 1. The summed E-state index contributed by atoms with van der Waals surface area (Å²) in [6, 6.07) is 3.81. The maximum absolute atomic E-state index is 12.3. The van der Waals surface area contributed by atoms with Gasteiger partial charge in [-0.05, 0) is 31.2 Å². The third-order valence-corrected chi connectivity index (χ3v) is 5.06. The molecule has 0 bridgehead atoms. The maximum Gasteiger partial charge on any atom is 0.329 e. The van der Waals surface area contributed by atoms with Crippen molar-refractivity contribution >= 4 is 23.2 Å². The Morgan fingerprint density at radius 1 is 1.43 bits per heavy atom. The zero-order valence-electron chi connectivity index (χ0n) is 12.8. The zero-order valence-corrected chi connectivity index (χ0v) is 13.6. The van der Waals surface area contributed by atoms with E-state index in [1.54, 1.807) is 6.92 Å². The van der Waals surface area contributed by atoms with Crippen molar-refractivity contribution in [1.82, 2.24) is 10.3 Å². The molecule has 122 valence electrons. The maximum atomic E-state index is 12.3. The number of hydrogen-bond donors (Lipinski definition) is 2. The number of carbonyl (C=O) groups excluding carboxylic acids is 1. The third-order valence-electron chi connectivity index (χ3n) is 4.20. The molecule has 2 aromatic heterocycles. The fourth-order valence-corrected chi connectivity index (χ4v) is 3.58. The molecule has 0 radical (unpaired) electrons. The van der Waals surface area contributed by atoms with E-state index in [4.69, 9.17) is 4.42 Å². The number of nitrogens with one attached hydrogen (secondary N) is 1. The van der Waals surface area contributed by atoms with E-state index in [1.165, 1.54) is 11.3 Å². The van der Waals surface area contributed by atoms with E-state index < -0.39 is 11.5 Å². The van der Waals surface area contributed by atoms with Crippen LogP contribution in [-0.2, 0) is 16.0 Å². The molecule has 7 heteroatoms. The van der Waals surface area contributed by atoms with Gasteiger partial charge in [-0.15, -0.1) is 11.3 Å². The van der Waals surface area contributed by atoms with Crippen LogP contribution in [0.4, 0.5) is 0 Å². The fraction of sp³-hybridized carbons (Fsp3) is 0.438. The molecule has 1 amide bonds. The molecule has 2 N–H and O–H groups in total. The lowest BCUT2D eigenvalue weighted by atomic mass is 9.97. The van der Waals surface area contributed by atoms with Crippen molar-refractivity contribution < 1.29 is 19.1 Å². The highest BCUT2D eigenvalue weighted by molar-refractivity contribution is 7.13. The molecule has 1 aliphatic carbocycles. The summed E-state index contributed by atoms with van der Waals surface area (Å²) < 4.78 is 5.61. The molecule has 1 fully saturated rings. The number of thiophene rings is 1. The number of hydrogen-bond acceptors (Lipinski definition) is 5. The van der Waals surface area contributed by atoms with Crippen LogP contribution in [0.15, 0.2) is 21.9 Å². The molecule has 0 atom stereocenters. The Kier molecular flexibility index (Phi) is 4.21. The van der Waals surface area contributed by atoms with Gasteiger partial charge in [-0.1, -0.05) is 18.9 Å². The lowest BCUT2D eigenvalue weighted by Crippen LogP contribution is -2.53. The molecule has 0 spiro atoms. The summed E-state index contributed by atoms with van der Waals surface area (Å²) in [6.45, 7) is 1.76. The number of aliphatic carboxylic acids is 1. The van der Waals surface area contributed by atoms with E-state index in [-0.39, 0.29) is 12.3 Å². The number of carbonyl (C=O) groups is 2. The van der Waals surface area contributed by atoms with Crippen molar-refractivity contribution in [1.29, 1.82) is 0 Å². The van der Waals surface area contributed by atoms with Gasteiger partial charge >= 0.3 is 5.97 Å². The Bertz CT molecular complexity index is 715. The first-order valence-corrected chi connectivity index (χ1v) is 8.43. The Morgan fingerprint density at radius 3 is 2.78 bits per heavy atom. The van der Waals surface area contributed by atoms with Crippen molar-refractivity contribution in [3.8, 4) is 10.8 Å². The molecule has 1 aliphatic rings. The van der Waals surface area contributed by atoms with Gasteiger partial charge in [0.05, 0.1) is 17.0 Å². The second-order valence-electron chi connectivity index (χ2n) is 5.82. The van der Waals surface area contributed by atoms with E-state index in [0.29, 0.717) is 30.2 Å². The van der Waals surface area contributed by atoms with Gasteiger partial charge in [0.1, 0.15) is 11.3 Å². The van der Waals surface area contributed by atoms with Gasteiger partial charge < -0.3 is 14.8 Å². The first-order valence-electron chi connectivity index (χ1n) is 7.55.